The highest BCUT2D eigenvalue weighted by atomic mass is 16.6. The molecule has 1 aliphatic heterocycles. The Kier molecular flexibility index (Phi) is 7.45. The molecule has 1 aliphatic rings. The smallest absolute Gasteiger partial charge is 0.323 e. The number of esters is 1. The minimum Gasteiger partial charge on any atom is -0.459 e. The molecule has 4 heteroatoms. The lowest BCUT2D eigenvalue weighted by molar-refractivity contribution is -0.161. The molecule has 0 spiro atoms. The number of likely N-dealkylation sites (tertiary alicyclic amines) is 1. The Morgan fingerprint density at radius 3 is 2.44 bits per heavy atom. The molecule has 1 saturated heterocycles. The Bertz CT molecular complexity index is 516. The molecule has 0 aromatic heterocycles. The molecule has 4 nitrogen and oxygen atoms in total. The third-order valence-corrected chi connectivity index (χ3v) is 4.73. The average Bonchev–Trinajstić information content (AvgIpc) is 2.58. The summed E-state index contributed by atoms with van der Waals surface area (Å²) in [5.41, 5.74) is 0.809. The third-order valence-electron chi connectivity index (χ3n) is 4.73. The van der Waals surface area contributed by atoms with Crippen LogP contribution >= 0.6 is 0 Å². The maximum Gasteiger partial charge on any atom is 0.323 e. The summed E-state index contributed by atoms with van der Waals surface area (Å²) in [7, 11) is 0. The Morgan fingerprint density at radius 1 is 1.20 bits per heavy atom. The second-order valence-electron chi connectivity index (χ2n) is 8.02. The maximum atomic E-state index is 12.2. The summed E-state index contributed by atoms with van der Waals surface area (Å²) in [5.74, 6) is 0.579. The maximum absolute atomic E-state index is 12.2. The van der Waals surface area contributed by atoms with Crippen molar-refractivity contribution in [3.8, 4) is 0 Å². The van der Waals surface area contributed by atoms with Gasteiger partial charge < -0.3 is 9.47 Å². The molecule has 25 heavy (non-hydrogen) atoms. The summed E-state index contributed by atoms with van der Waals surface area (Å²) in [6.45, 7) is 11.1. The average molecular weight is 347 g/mol. The van der Waals surface area contributed by atoms with Gasteiger partial charge in [0.2, 0.25) is 0 Å². The molecule has 0 aliphatic carbocycles. The van der Waals surface area contributed by atoms with Gasteiger partial charge in [0.1, 0.15) is 11.6 Å². The predicted molar refractivity (Wildman–Crippen MR) is 100 cm³/mol. The van der Waals surface area contributed by atoms with Gasteiger partial charge in [0.05, 0.1) is 6.61 Å². The standard InChI is InChI=1S/C21H33NO3/c1-17(20(23)25-21(2,3)4)22-13-10-18(11-14-22)12-15-24-16-19-8-6-5-7-9-19/h5-9,17-18H,10-16H2,1-4H3/t17-/m0/s1. The summed E-state index contributed by atoms with van der Waals surface area (Å²) >= 11 is 0. The molecule has 1 aromatic carbocycles. The van der Waals surface area contributed by atoms with Crippen molar-refractivity contribution in [3.63, 3.8) is 0 Å². The highest BCUT2D eigenvalue weighted by Crippen LogP contribution is 2.23. The van der Waals surface area contributed by atoms with Crippen molar-refractivity contribution >= 4 is 5.97 Å². The van der Waals surface area contributed by atoms with Gasteiger partial charge in [-0.2, -0.15) is 0 Å². The normalized spacial score (nSPS) is 18.1. The molecule has 0 unspecified atom stereocenters. The topological polar surface area (TPSA) is 38.8 Å². The molecule has 0 saturated carbocycles. The van der Waals surface area contributed by atoms with E-state index in [4.69, 9.17) is 9.47 Å². The largest absolute Gasteiger partial charge is 0.459 e. The highest BCUT2D eigenvalue weighted by molar-refractivity contribution is 5.75. The van der Waals surface area contributed by atoms with E-state index in [1.54, 1.807) is 0 Å². The van der Waals surface area contributed by atoms with E-state index in [9.17, 15) is 4.79 Å². The Hall–Kier alpha value is -1.39. The number of benzene rings is 1. The van der Waals surface area contributed by atoms with Crippen molar-refractivity contribution in [2.75, 3.05) is 19.7 Å². The molecule has 0 N–H and O–H groups in total. The van der Waals surface area contributed by atoms with Gasteiger partial charge in [-0.3, -0.25) is 9.69 Å². The molecule has 0 radical (unpaired) electrons. The number of carbonyl (C=O) groups excluding carboxylic acids is 1. The van der Waals surface area contributed by atoms with Gasteiger partial charge in [0.25, 0.3) is 0 Å². The van der Waals surface area contributed by atoms with Crippen LogP contribution < -0.4 is 0 Å². The molecule has 0 bridgehead atoms. The van der Waals surface area contributed by atoms with Crippen molar-refractivity contribution in [1.82, 2.24) is 4.90 Å². The van der Waals surface area contributed by atoms with Crippen molar-refractivity contribution in [1.29, 1.82) is 0 Å². The Morgan fingerprint density at radius 2 is 1.84 bits per heavy atom. The fourth-order valence-electron chi connectivity index (χ4n) is 3.18. The zero-order valence-corrected chi connectivity index (χ0v) is 16.2. The second-order valence-corrected chi connectivity index (χ2v) is 8.02. The van der Waals surface area contributed by atoms with Gasteiger partial charge in [0, 0.05) is 6.61 Å². The van der Waals surface area contributed by atoms with E-state index in [1.165, 1.54) is 5.56 Å². The number of hydrogen-bond donors (Lipinski definition) is 0. The Balaban J connectivity index is 1.63. The second kappa shape index (κ2) is 9.35. The zero-order chi connectivity index (χ0) is 18.3. The van der Waals surface area contributed by atoms with Crippen molar-refractivity contribution < 1.29 is 14.3 Å². The SMILES string of the molecule is C[C@@H](C(=O)OC(C)(C)C)N1CCC(CCOCc2ccccc2)CC1. The van der Waals surface area contributed by atoms with Crippen LogP contribution in [0.3, 0.4) is 0 Å². The Labute approximate surface area is 152 Å². The van der Waals surface area contributed by atoms with Gasteiger partial charge in [-0.05, 0) is 71.5 Å². The van der Waals surface area contributed by atoms with Gasteiger partial charge >= 0.3 is 5.97 Å². The van der Waals surface area contributed by atoms with E-state index in [2.05, 4.69) is 17.0 Å². The van der Waals surface area contributed by atoms with E-state index in [0.717, 1.165) is 39.0 Å². The summed E-state index contributed by atoms with van der Waals surface area (Å²) in [5, 5.41) is 0. The van der Waals surface area contributed by atoms with E-state index in [0.29, 0.717) is 12.5 Å². The first kappa shape index (κ1) is 19.9. The number of piperidine rings is 1. The fraction of sp³-hybridized carbons (Fsp3) is 0.667. The number of nitrogens with zero attached hydrogens (tertiary/aromatic N) is 1. The minimum atomic E-state index is -0.417. The third kappa shape index (κ3) is 7.17. The van der Waals surface area contributed by atoms with Gasteiger partial charge in [-0.25, -0.2) is 0 Å². The number of rotatable bonds is 7. The molecular weight excluding hydrogens is 314 g/mol. The van der Waals surface area contributed by atoms with Gasteiger partial charge in [-0.15, -0.1) is 0 Å². The lowest BCUT2D eigenvalue weighted by atomic mass is 9.93. The van der Waals surface area contributed by atoms with Crippen LogP contribution in [0.2, 0.25) is 0 Å². The van der Waals surface area contributed by atoms with Crippen molar-refractivity contribution in [2.45, 2.75) is 65.2 Å². The van der Waals surface area contributed by atoms with Crippen LogP contribution in [-0.4, -0.2) is 42.2 Å². The molecule has 1 fully saturated rings. The lowest BCUT2D eigenvalue weighted by Gasteiger charge is -2.36. The van der Waals surface area contributed by atoms with Gasteiger partial charge in [-0.1, -0.05) is 30.3 Å². The molecule has 2 rings (SSSR count). The van der Waals surface area contributed by atoms with Crippen molar-refractivity contribution in [2.24, 2.45) is 5.92 Å². The summed E-state index contributed by atoms with van der Waals surface area (Å²) in [4.78, 5) is 14.4. The molecule has 0 amide bonds. The summed E-state index contributed by atoms with van der Waals surface area (Å²) in [6.07, 6.45) is 3.35. The van der Waals surface area contributed by atoms with E-state index < -0.39 is 5.60 Å². The van der Waals surface area contributed by atoms with Gasteiger partial charge in [0.15, 0.2) is 0 Å². The van der Waals surface area contributed by atoms with Crippen LogP contribution in [0.15, 0.2) is 30.3 Å². The predicted octanol–water partition coefficient (Wildman–Crippen LogP) is 4.04. The minimum absolute atomic E-state index is 0.114. The first-order chi connectivity index (χ1) is 11.8. The first-order valence-electron chi connectivity index (χ1n) is 9.44. The quantitative estimate of drug-likeness (QED) is 0.551. The summed E-state index contributed by atoms with van der Waals surface area (Å²) in [6, 6.07) is 10.1. The van der Waals surface area contributed by atoms with Crippen LogP contribution in [0.5, 0.6) is 0 Å². The van der Waals surface area contributed by atoms with Crippen LogP contribution in [0, 0.1) is 5.92 Å². The molecule has 1 heterocycles. The number of hydrogen-bond acceptors (Lipinski definition) is 4. The molecule has 1 atom stereocenters. The fourth-order valence-corrected chi connectivity index (χ4v) is 3.18. The highest BCUT2D eigenvalue weighted by Gasteiger charge is 2.29. The van der Waals surface area contributed by atoms with E-state index >= 15 is 0 Å². The van der Waals surface area contributed by atoms with Crippen LogP contribution in [0.4, 0.5) is 0 Å². The van der Waals surface area contributed by atoms with E-state index in [-0.39, 0.29) is 12.0 Å². The lowest BCUT2D eigenvalue weighted by Crippen LogP contribution is -2.46. The van der Waals surface area contributed by atoms with Crippen molar-refractivity contribution in [3.05, 3.63) is 35.9 Å². The zero-order valence-electron chi connectivity index (χ0n) is 16.2. The molecular formula is C21H33NO3. The number of ether oxygens (including phenoxy) is 2. The van der Waals surface area contributed by atoms with Crippen LogP contribution in [-0.2, 0) is 20.9 Å². The molecule has 1 aromatic rings. The monoisotopic (exact) mass is 347 g/mol. The van der Waals surface area contributed by atoms with Crippen LogP contribution in [0.25, 0.3) is 0 Å². The van der Waals surface area contributed by atoms with E-state index in [1.807, 2.05) is 45.9 Å². The summed E-state index contributed by atoms with van der Waals surface area (Å²) < 4.78 is 11.3. The molecule has 140 valence electrons. The first-order valence-corrected chi connectivity index (χ1v) is 9.44. The van der Waals surface area contributed by atoms with Crippen LogP contribution in [0.1, 0.15) is 52.5 Å². The number of carbonyl (C=O) groups is 1.